The Labute approximate surface area is 401 Å². The van der Waals surface area contributed by atoms with Crippen molar-refractivity contribution < 1.29 is 0 Å². The summed E-state index contributed by atoms with van der Waals surface area (Å²) in [5.41, 5.74) is 22.3. The Balaban J connectivity index is 1.33. The van der Waals surface area contributed by atoms with Gasteiger partial charge >= 0.3 is 0 Å². The van der Waals surface area contributed by atoms with Crippen LogP contribution in [0.1, 0.15) is 148 Å². The number of aromatic amines is 2. The van der Waals surface area contributed by atoms with Gasteiger partial charge in [0.25, 0.3) is 0 Å². The number of benzene rings is 3. The van der Waals surface area contributed by atoms with Crippen molar-refractivity contribution >= 4 is 65.9 Å². The van der Waals surface area contributed by atoms with E-state index in [9.17, 15) is 0 Å². The molecule has 334 valence electrons. The minimum Gasteiger partial charge on any atom is -0.355 e. The molecule has 4 aromatic heterocycles. The van der Waals surface area contributed by atoms with E-state index >= 15 is 0 Å². The van der Waals surface area contributed by atoms with Gasteiger partial charge in [0, 0.05) is 45.6 Å². The Hall–Kier alpha value is -7.83. The lowest BCUT2D eigenvalue weighted by Gasteiger charge is -2.10. The summed E-state index contributed by atoms with van der Waals surface area (Å²) in [4.78, 5) is 23.0. The van der Waals surface area contributed by atoms with Crippen LogP contribution in [-0.2, 0) is 25.7 Å². The molecule has 6 heterocycles. The van der Waals surface area contributed by atoms with Gasteiger partial charge in [-0.2, -0.15) is 0 Å². The molecule has 3 aromatic carbocycles. The van der Waals surface area contributed by atoms with Crippen LogP contribution < -0.4 is 0 Å². The molecule has 5 nitrogen and oxygen atoms in total. The molecule has 2 N–H and O–H groups in total. The molecule has 9 rings (SSSR count). The molecule has 0 unspecified atom stereocenters. The van der Waals surface area contributed by atoms with E-state index in [1.807, 2.05) is 12.1 Å². The van der Waals surface area contributed by atoms with Crippen LogP contribution in [0.3, 0.4) is 0 Å². The second kappa shape index (κ2) is 20.0. The first-order chi connectivity index (χ1) is 33.4. The lowest BCUT2D eigenvalue weighted by molar-refractivity contribution is 1.07. The molecule has 0 radical (unpaired) electrons. The Morgan fingerprint density at radius 3 is 1.34 bits per heavy atom. The summed E-state index contributed by atoms with van der Waals surface area (Å²) in [7, 11) is 0. The molecule has 7 aromatic rings. The Kier molecular flexibility index (Phi) is 13.3. The van der Waals surface area contributed by atoms with Crippen LogP contribution in [0.5, 0.6) is 0 Å². The standard InChI is InChI=1S/C63H57N5/c1-9-41-43(11-3)58-38-60-45(13-5)47(15-7)62(67-60)55(63-48(16-8)46(14-6)61(68-63)39-59-44(12-4)42(10-2)57(66-59)37-56(41)65-58)32-24-23-31-54-52-29-21-19-27-50(52)49(51-28-20-22-30-53(51)54)26-18-17-25-40-33-35-64-36-34-40/h19-22,27-30,33-39,65,67H,9-16H2,1-8H3. The largest absolute Gasteiger partial charge is 0.355 e. The van der Waals surface area contributed by atoms with Crippen molar-refractivity contribution in [3.63, 3.8) is 0 Å². The maximum absolute atomic E-state index is 5.58. The normalized spacial score (nSPS) is 12.0. The first-order valence-electron chi connectivity index (χ1n) is 24.5. The second-order valence-electron chi connectivity index (χ2n) is 17.1. The zero-order chi connectivity index (χ0) is 47.3. The van der Waals surface area contributed by atoms with Gasteiger partial charge in [-0.1, -0.05) is 122 Å². The molecular weight excluding hydrogens is 827 g/mol. The van der Waals surface area contributed by atoms with Crippen LogP contribution in [0.4, 0.5) is 0 Å². The van der Waals surface area contributed by atoms with Crippen molar-refractivity contribution in [3.05, 3.63) is 159 Å². The van der Waals surface area contributed by atoms with Gasteiger partial charge in [-0.25, -0.2) is 9.97 Å². The van der Waals surface area contributed by atoms with Crippen LogP contribution >= 0.6 is 0 Å². The van der Waals surface area contributed by atoms with Crippen LogP contribution in [0.25, 0.3) is 65.9 Å². The van der Waals surface area contributed by atoms with Gasteiger partial charge in [0.05, 0.1) is 33.9 Å². The summed E-state index contributed by atoms with van der Waals surface area (Å²) in [6.45, 7) is 18.0. The predicted molar refractivity (Wildman–Crippen MR) is 287 cm³/mol. The van der Waals surface area contributed by atoms with E-state index in [2.05, 4.69) is 184 Å². The molecule has 5 heteroatoms. The van der Waals surface area contributed by atoms with Gasteiger partial charge in [0.15, 0.2) is 0 Å². The van der Waals surface area contributed by atoms with Crippen molar-refractivity contribution in [2.24, 2.45) is 0 Å². The number of nitrogens with one attached hydrogen (secondary N) is 2. The van der Waals surface area contributed by atoms with Crippen molar-refractivity contribution in [3.8, 4) is 47.4 Å². The number of aromatic nitrogens is 5. The molecule has 2 aliphatic heterocycles. The summed E-state index contributed by atoms with van der Waals surface area (Å²) >= 11 is 0. The van der Waals surface area contributed by atoms with Crippen LogP contribution in [0.2, 0.25) is 0 Å². The lowest BCUT2D eigenvalue weighted by Crippen LogP contribution is -1.93. The fourth-order valence-corrected chi connectivity index (χ4v) is 10.5. The quantitative estimate of drug-likeness (QED) is 0.118. The SMILES string of the molecule is CCC1=C(CC)c2cc3[nH]c(cc4[nH]c(c(C#CC#Cc5c6ccccc6c(C#CC#Cc6ccncc6)c6ccccc56)c5nc(cc1n2)C(CC)=C5CC)c(CC)c4CC)c(CC)c3CC. The zero-order valence-corrected chi connectivity index (χ0v) is 40.7. The van der Waals surface area contributed by atoms with E-state index in [1.54, 1.807) is 12.4 Å². The molecule has 0 saturated heterocycles. The second-order valence-corrected chi connectivity index (χ2v) is 17.1. The number of rotatable bonds is 8. The number of pyridine rings is 1. The molecule has 68 heavy (non-hydrogen) atoms. The van der Waals surface area contributed by atoms with Gasteiger partial charge in [0.1, 0.15) is 0 Å². The Morgan fingerprint density at radius 1 is 0.397 bits per heavy atom. The minimum absolute atomic E-state index is 0.819. The molecule has 0 fully saturated rings. The number of H-pyrrole nitrogens is 2. The van der Waals surface area contributed by atoms with E-state index in [0.717, 1.165) is 140 Å². The maximum Gasteiger partial charge on any atom is 0.0850 e. The van der Waals surface area contributed by atoms with E-state index in [1.165, 1.54) is 44.5 Å². The molecule has 0 saturated carbocycles. The summed E-state index contributed by atoms with van der Waals surface area (Å²) in [6, 6.07) is 27.4. The first kappa shape index (κ1) is 45.3. The number of allylic oxidation sites excluding steroid dienone is 4. The van der Waals surface area contributed by atoms with Crippen LogP contribution in [0, 0.1) is 47.4 Å². The van der Waals surface area contributed by atoms with Crippen molar-refractivity contribution in [1.29, 1.82) is 0 Å². The van der Waals surface area contributed by atoms with Gasteiger partial charge in [-0.3, -0.25) is 4.98 Å². The summed E-state index contributed by atoms with van der Waals surface area (Å²) in [6.07, 6.45) is 10.5. The molecule has 2 aliphatic rings. The van der Waals surface area contributed by atoms with Gasteiger partial charge in [-0.05, 0) is 177 Å². The highest BCUT2D eigenvalue weighted by Crippen LogP contribution is 2.41. The third-order valence-corrected chi connectivity index (χ3v) is 13.6. The third-order valence-electron chi connectivity index (χ3n) is 13.6. The summed E-state index contributed by atoms with van der Waals surface area (Å²) in [5, 5.41) is 4.11. The smallest absolute Gasteiger partial charge is 0.0850 e. The number of aryl methyl sites for hydroxylation is 4. The van der Waals surface area contributed by atoms with E-state index in [4.69, 9.17) is 9.97 Å². The van der Waals surface area contributed by atoms with Gasteiger partial charge in [-0.15, -0.1) is 0 Å². The van der Waals surface area contributed by atoms with Gasteiger partial charge in [0.2, 0.25) is 0 Å². The van der Waals surface area contributed by atoms with Gasteiger partial charge < -0.3 is 9.97 Å². The molecule has 0 aliphatic carbocycles. The fraction of sp³-hybridized carbons (Fsp3) is 0.254. The van der Waals surface area contributed by atoms with E-state index < -0.39 is 0 Å². The number of nitrogens with zero attached hydrogens (tertiary/aromatic N) is 3. The lowest BCUT2D eigenvalue weighted by atomic mass is 9.92. The number of hydrogen-bond acceptors (Lipinski definition) is 3. The number of fused-ring (bicyclic) bond motifs is 10. The molecule has 0 spiro atoms. The van der Waals surface area contributed by atoms with E-state index in [-0.39, 0.29) is 0 Å². The average molecular weight is 884 g/mol. The van der Waals surface area contributed by atoms with Crippen molar-refractivity contribution in [1.82, 2.24) is 24.9 Å². The minimum atomic E-state index is 0.819. The van der Waals surface area contributed by atoms with Crippen LogP contribution in [-0.4, -0.2) is 24.9 Å². The molecule has 0 amide bonds. The highest BCUT2D eigenvalue weighted by Gasteiger charge is 2.25. The topological polar surface area (TPSA) is 70.2 Å². The number of hydrogen-bond donors (Lipinski definition) is 2. The highest BCUT2D eigenvalue weighted by atomic mass is 14.8. The Bertz CT molecular complexity index is 3620. The zero-order valence-electron chi connectivity index (χ0n) is 40.7. The molecule has 0 atom stereocenters. The average Bonchev–Trinajstić information content (AvgIpc) is 4.11. The third kappa shape index (κ3) is 8.21. The highest BCUT2D eigenvalue weighted by molar-refractivity contribution is 6.10. The maximum atomic E-state index is 5.58. The monoisotopic (exact) mass is 883 g/mol. The fourth-order valence-electron chi connectivity index (χ4n) is 10.5. The first-order valence-corrected chi connectivity index (χ1v) is 24.5. The van der Waals surface area contributed by atoms with Crippen molar-refractivity contribution in [2.75, 3.05) is 0 Å². The molecular formula is C63H57N5. The molecule has 8 bridgehead atoms. The van der Waals surface area contributed by atoms with Crippen molar-refractivity contribution in [2.45, 2.75) is 107 Å². The Morgan fingerprint density at radius 2 is 0.824 bits per heavy atom. The predicted octanol–water partition coefficient (Wildman–Crippen LogP) is 14.5. The van der Waals surface area contributed by atoms with Crippen LogP contribution in [0.15, 0.2) is 91.3 Å². The van der Waals surface area contributed by atoms with E-state index in [0.29, 0.717) is 0 Å². The summed E-state index contributed by atoms with van der Waals surface area (Å²) in [5.74, 6) is 26.7. The summed E-state index contributed by atoms with van der Waals surface area (Å²) < 4.78 is 0.